The Bertz CT molecular complexity index is 185. The van der Waals surface area contributed by atoms with Crippen LogP contribution in [0, 0.1) is 5.92 Å². The Balaban J connectivity index is 0. The zero-order chi connectivity index (χ0) is 9.72. The molecule has 1 atom stereocenters. The van der Waals surface area contributed by atoms with Crippen LogP contribution >= 0.6 is 12.4 Å². The molecule has 0 aliphatic carbocycles. The number of carboxylic acids is 1. The predicted octanol–water partition coefficient (Wildman–Crippen LogP) is -0.408. The van der Waals surface area contributed by atoms with Gasteiger partial charge in [0.15, 0.2) is 0 Å². The van der Waals surface area contributed by atoms with Gasteiger partial charge in [0.1, 0.15) is 6.04 Å². The molecule has 5 nitrogen and oxygen atoms in total. The fourth-order valence-electron chi connectivity index (χ4n) is 0.746. The van der Waals surface area contributed by atoms with Gasteiger partial charge in [0.2, 0.25) is 5.91 Å². The van der Waals surface area contributed by atoms with Gasteiger partial charge in [-0.05, 0) is 5.92 Å². The van der Waals surface area contributed by atoms with Crippen LogP contribution in [0.25, 0.3) is 0 Å². The van der Waals surface area contributed by atoms with Crippen molar-refractivity contribution in [3.8, 4) is 0 Å². The molecule has 0 rings (SSSR count). The molecule has 0 heterocycles. The minimum absolute atomic E-state index is 0. The molecule has 0 bridgehead atoms. The van der Waals surface area contributed by atoms with Crippen molar-refractivity contribution < 1.29 is 14.7 Å². The van der Waals surface area contributed by atoms with Crippen LogP contribution in [0.15, 0.2) is 0 Å². The second-order valence-corrected chi connectivity index (χ2v) is 2.83. The molecular weight excluding hydrogens is 196 g/mol. The highest BCUT2D eigenvalue weighted by Crippen LogP contribution is 2.00. The van der Waals surface area contributed by atoms with E-state index in [0.717, 1.165) is 0 Å². The second kappa shape index (κ2) is 6.68. The molecule has 0 aliphatic rings. The van der Waals surface area contributed by atoms with E-state index in [1.54, 1.807) is 13.8 Å². The van der Waals surface area contributed by atoms with Gasteiger partial charge in [-0.25, -0.2) is 4.79 Å². The Hall–Kier alpha value is -0.810. The molecule has 0 aromatic heterocycles. The topological polar surface area (TPSA) is 92.4 Å². The average Bonchev–Trinajstić information content (AvgIpc) is 1.98. The van der Waals surface area contributed by atoms with Gasteiger partial charge < -0.3 is 16.2 Å². The lowest BCUT2D eigenvalue weighted by atomic mass is 10.1. The summed E-state index contributed by atoms with van der Waals surface area (Å²) in [4.78, 5) is 21.3. The number of hydrogen-bond donors (Lipinski definition) is 3. The molecule has 0 aliphatic heterocycles. The van der Waals surface area contributed by atoms with E-state index >= 15 is 0 Å². The Kier molecular flexibility index (Phi) is 7.55. The van der Waals surface area contributed by atoms with E-state index in [1.807, 2.05) is 0 Å². The molecular formula is C7H15ClN2O3. The maximum Gasteiger partial charge on any atom is 0.326 e. The SMILES string of the molecule is CC(C)[C@@H](NC(=O)CN)C(=O)O.Cl. The maximum absolute atomic E-state index is 10.7. The summed E-state index contributed by atoms with van der Waals surface area (Å²) in [6.45, 7) is 3.25. The van der Waals surface area contributed by atoms with Gasteiger partial charge in [-0.3, -0.25) is 4.79 Å². The number of amides is 1. The molecule has 6 heteroatoms. The molecule has 13 heavy (non-hydrogen) atoms. The third kappa shape index (κ3) is 5.43. The average molecular weight is 211 g/mol. The number of carboxylic acid groups (broad SMARTS) is 1. The number of carbonyl (C=O) groups excluding carboxylic acids is 1. The van der Waals surface area contributed by atoms with Gasteiger partial charge in [-0.1, -0.05) is 13.8 Å². The minimum atomic E-state index is -1.04. The smallest absolute Gasteiger partial charge is 0.326 e. The van der Waals surface area contributed by atoms with Crippen molar-refractivity contribution in [2.24, 2.45) is 11.7 Å². The summed E-state index contributed by atoms with van der Waals surface area (Å²) in [6, 6.07) is -0.846. The first-order valence-corrected chi connectivity index (χ1v) is 3.71. The highest BCUT2D eigenvalue weighted by Gasteiger charge is 2.22. The number of carbonyl (C=O) groups is 2. The molecule has 0 saturated carbocycles. The van der Waals surface area contributed by atoms with Crippen LogP contribution in [0.5, 0.6) is 0 Å². The number of halogens is 1. The molecule has 0 fully saturated rings. The first-order chi connectivity index (χ1) is 5.49. The van der Waals surface area contributed by atoms with E-state index in [-0.39, 0.29) is 24.9 Å². The van der Waals surface area contributed by atoms with Crippen LogP contribution in [0.2, 0.25) is 0 Å². The van der Waals surface area contributed by atoms with Gasteiger partial charge in [-0.2, -0.15) is 0 Å². The summed E-state index contributed by atoms with van der Waals surface area (Å²) in [7, 11) is 0. The summed E-state index contributed by atoms with van der Waals surface area (Å²) in [5.74, 6) is -1.62. The molecule has 0 aromatic carbocycles. The van der Waals surface area contributed by atoms with E-state index in [4.69, 9.17) is 10.8 Å². The van der Waals surface area contributed by atoms with E-state index < -0.39 is 17.9 Å². The Labute approximate surface area is 83.1 Å². The second-order valence-electron chi connectivity index (χ2n) is 2.83. The highest BCUT2D eigenvalue weighted by atomic mass is 35.5. The standard InChI is InChI=1S/C7H14N2O3.ClH/c1-4(2)6(7(11)12)9-5(10)3-8;/h4,6H,3,8H2,1-2H3,(H,9,10)(H,11,12);1H/t6-;/m1./s1. The molecule has 1 amide bonds. The number of aliphatic carboxylic acids is 1. The number of nitrogens with one attached hydrogen (secondary N) is 1. The van der Waals surface area contributed by atoms with Gasteiger partial charge in [0.25, 0.3) is 0 Å². The van der Waals surface area contributed by atoms with Crippen molar-refractivity contribution in [3.63, 3.8) is 0 Å². The van der Waals surface area contributed by atoms with Gasteiger partial charge >= 0.3 is 5.97 Å². The maximum atomic E-state index is 10.7. The minimum Gasteiger partial charge on any atom is -0.480 e. The summed E-state index contributed by atoms with van der Waals surface area (Å²) in [5, 5.41) is 10.9. The van der Waals surface area contributed by atoms with Crippen LogP contribution in [0.3, 0.4) is 0 Å². The van der Waals surface area contributed by atoms with E-state index in [2.05, 4.69) is 5.32 Å². The lowest BCUT2D eigenvalue weighted by molar-refractivity contribution is -0.142. The third-order valence-corrected chi connectivity index (χ3v) is 1.43. The van der Waals surface area contributed by atoms with Crippen molar-refractivity contribution in [1.82, 2.24) is 5.32 Å². The van der Waals surface area contributed by atoms with Crippen LogP contribution < -0.4 is 11.1 Å². The Morgan fingerprint density at radius 1 is 1.46 bits per heavy atom. The zero-order valence-electron chi connectivity index (χ0n) is 7.61. The molecule has 0 spiro atoms. The predicted molar refractivity (Wildman–Crippen MR) is 50.7 cm³/mol. The molecule has 4 N–H and O–H groups in total. The van der Waals surface area contributed by atoms with E-state index in [1.165, 1.54) is 0 Å². The molecule has 0 saturated heterocycles. The van der Waals surface area contributed by atoms with Crippen molar-refractivity contribution >= 4 is 24.3 Å². The fraction of sp³-hybridized carbons (Fsp3) is 0.714. The normalized spacial score (nSPS) is 11.7. The lowest BCUT2D eigenvalue weighted by Gasteiger charge is -2.16. The highest BCUT2D eigenvalue weighted by molar-refractivity contribution is 5.85. The van der Waals surface area contributed by atoms with Gasteiger partial charge in [-0.15, -0.1) is 12.4 Å². The van der Waals surface area contributed by atoms with Crippen molar-refractivity contribution in [2.45, 2.75) is 19.9 Å². The quantitative estimate of drug-likeness (QED) is 0.588. The van der Waals surface area contributed by atoms with Gasteiger partial charge in [0.05, 0.1) is 6.54 Å². The number of nitrogens with two attached hydrogens (primary N) is 1. The third-order valence-electron chi connectivity index (χ3n) is 1.43. The lowest BCUT2D eigenvalue weighted by Crippen LogP contribution is -2.46. The Morgan fingerprint density at radius 2 is 1.92 bits per heavy atom. The summed E-state index contributed by atoms with van der Waals surface area (Å²) in [6.07, 6.45) is 0. The zero-order valence-corrected chi connectivity index (χ0v) is 8.43. The van der Waals surface area contributed by atoms with Crippen LogP contribution in [-0.4, -0.2) is 29.6 Å². The van der Waals surface area contributed by atoms with Crippen molar-refractivity contribution in [1.29, 1.82) is 0 Å². The largest absolute Gasteiger partial charge is 0.480 e. The monoisotopic (exact) mass is 210 g/mol. The number of rotatable bonds is 4. The molecule has 78 valence electrons. The van der Waals surface area contributed by atoms with Crippen molar-refractivity contribution in [2.75, 3.05) is 6.54 Å². The fourth-order valence-corrected chi connectivity index (χ4v) is 0.746. The summed E-state index contributed by atoms with van der Waals surface area (Å²) in [5.41, 5.74) is 5.02. The first kappa shape index (κ1) is 14.7. The number of hydrogen-bond acceptors (Lipinski definition) is 3. The first-order valence-electron chi connectivity index (χ1n) is 3.71. The van der Waals surface area contributed by atoms with Crippen LogP contribution in [0.1, 0.15) is 13.8 Å². The van der Waals surface area contributed by atoms with E-state index in [0.29, 0.717) is 0 Å². The van der Waals surface area contributed by atoms with Crippen LogP contribution in [0.4, 0.5) is 0 Å². The molecule has 0 unspecified atom stereocenters. The summed E-state index contributed by atoms with van der Waals surface area (Å²) >= 11 is 0. The van der Waals surface area contributed by atoms with Crippen LogP contribution in [-0.2, 0) is 9.59 Å². The molecule has 0 radical (unpaired) electrons. The Morgan fingerprint density at radius 3 is 2.15 bits per heavy atom. The molecule has 0 aromatic rings. The summed E-state index contributed by atoms with van der Waals surface area (Å²) < 4.78 is 0. The van der Waals surface area contributed by atoms with Crippen molar-refractivity contribution in [3.05, 3.63) is 0 Å². The van der Waals surface area contributed by atoms with E-state index in [9.17, 15) is 9.59 Å². The van der Waals surface area contributed by atoms with Gasteiger partial charge in [0, 0.05) is 0 Å².